The Hall–Kier alpha value is -3.52. The lowest BCUT2D eigenvalue weighted by Gasteiger charge is -2.21. The quantitative estimate of drug-likeness (QED) is 0.230. The second-order valence-corrected chi connectivity index (χ2v) is 11.0. The van der Waals surface area contributed by atoms with Gasteiger partial charge in [-0.25, -0.2) is 4.98 Å². The predicted octanol–water partition coefficient (Wildman–Crippen LogP) is 8.20. The van der Waals surface area contributed by atoms with E-state index in [1.807, 2.05) is 47.0 Å². The van der Waals surface area contributed by atoms with Crippen LogP contribution in [-0.2, 0) is 12.8 Å². The summed E-state index contributed by atoms with van der Waals surface area (Å²) in [5.41, 5.74) is 7.01. The van der Waals surface area contributed by atoms with Crippen molar-refractivity contribution in [2.75, 3.05) is 0 Å². The molecule has 4 aromatic heterocycles. The minimum atomic E-state index is 0.558. The van der Waals surface area contributed by atoms with Crippen LogP contribution in [0, 0.1) is 4.77 Å². The first-order chi connectivity index (χ1) is 18.2. The molecule has 182 valence electrons. The van der Waals surface area contributed by atoms with Crippen molar-refractivity contribution in [1.82, 2.24) is 24.3 Å². The fourth-order valence-electron chi connectivity index (χ4n) is 5.35. The normalized spacial score (nSPS) is 13.2. The summed E-state index contributed by atoms with van der Waals surface area (Å²) >= 11 is 13.7. The average molecular weight is 540 g/mol. The van der Waals surface area contributed by atoms with Crippen LogP contribution in [0.25, 0.3) is 43.4 Å². The summed E-state index contributed by atoms with van der Waals surface area (Å²) in [6.45, 7) is 0. The highest BCUT2D eigenvalue weighted by Crippen LogP contribution is 2.47. The van der Waals surface area contributed by atoms with Crippen LogP contribution in [0.4, 0.5) is 0 Å². The van der Waals surface area contributed by atoms with Gasteiger partial charge in [0.05, 0.1) is 10.6 Å². The SMILES string of the molecule is S=c1[nH]nc(-c2sc3nc4c(c(-c5ccc(Cl)cc5)c3c2-n2cccc2)CCCC4)n1-c1ccccc1. The highest BCUT2D eigenvalue weighted by atomic mass is 35.5. The van der Waals surface area contributed by atoms with Crippen molar-refractivity contribution < 1.29 is 0 Å². The van der Waals surface area contributed by atoms with Crippen molar-refractivity contribution in [2.24, 2.45) is 0 Å². The molecule has 0 spiro atoms. The number of nitrogens with zero attached hydrogens (tertiary/aromatic N) is 4. The third kappa shape index (κ3) is 3.77. The molecular formula is C29H22ClN5S2. The largest absolute Gasteiger partial charge is 0.322 e. The van der Waals surface area contributed by atoms with Gasteiger partial charge in [-0.2, -0.15) is 5.10 Å². The van der Waals surface area contributed by atoms with Crippen LogP contribution in [0.5, 0.6) is 0 Å². The van der Waals surface area contributed by atoms with Crippen LogP contribution in [0.15, 0.2) is 79.1 Å². The molecule has 1 aliphatic carbocycles. The van der Waals surface area contributed by atoms with E-state index < -0.39 is 0 Å². The fourth-order valence-corrected chi connectivity index (χ4v) is 6.90. The van der Waals surface area contributed by atoms with E-state index in [2.05, 4.69) is 46.3 Å². The second-order valence-electron chi connectivity index (χ2n) is 9.20. The molecule has 37 heavy (non-hydrogen) atoms. The lowest BCUT2D eigenvalue weighted by atomic mass is 9.87. The third-order valence-electron chi connectivity index (χ3n) is 6.98. The Kier molecular flexibility index (Phi) is 5.57. The van der Waals surface area contributed by atoms with Gasteiger partial charge in [-0.15, -0.1) is 11.3 Å². The lowest BCUT2D eigenvalue weighted by Crippen LogP contribution is -2.08. The van der Waals surface area contributed by atoms with E-state index in [1.54, 1.807) is 11.3 Å². The van der Waals surface area contributed by atoms with Crippen LogP contribution in [0.1, 0.15) is 24.1 Å². The first-order valence-electron chi connectivity index (χ1n) is 12.3. The molecule has 0 atom stereocenters. The van der Waals surface area contributed by atoms with Crippen LogP contribution in [-0.4, -0.2) is 24.3 Å². The number of nitrogens with one attached hydrogen (secondary N) is 1. The maximum absolute atomic E-state index is 6.30. The van der Waals surface area contributed by atoms with Crippen LogP contribution in [0.3, 0.4) is 0 Å². The summed E-state index contributed by atoms with van der Waals surface area (Å²) in [7, 11) is 0. The molecule has 0 saturated carbocycles. The minimum Gasteiger partial charge on any atom is -0.322 e. The van der Waals surface area contributed by atoms with E-state index in [-0.39, 0.29) is 0 Å². The fraction of sp³-hybridized carbons (Fsp3) is 0.138. The summed E-state index contributed by atoms with van der Waals surface area (Å²) < 4.78 is 4.74. The van der Waals surface area contributed by atoms with Crippen molar-refractivity contribution in [2.45, 2.75) is 25.7 Å². The maximum atomic E-state index is 6.30. The number of pyridine rings is 1. The molecule has 0 aliphatic heterocycles. The summed E-state index contributed by atoms with van der Waals surface area (Å²) in [6, 6.07) is 22.4. The average Bonchev–Trinajstić information content (AvgIpc) is 3.67. The molecule has 8 heteroatoms. The van der Waals surface area contributed by atoms with Gasteiger partial charge < -0.3 is 4.57 Å². The predicted molar refractivity (Wildman–Crippen MR) is 154 cm³/mol. The van der Waals surface area contributed by atoms with E-state index in [1.165, 1.54) is 29.7 Å². The molecule has 0 radical (unpaired) electrons. The molecular weight excluding hydrogens is 518 g/mol. The van der Waals surface area contributed by atoms with Gasteiger partial charge >= 0.3 is 0 Å². The number of para-hydroxylation sites is 1. The monoisotopic (exact) mass is 539 g/mol. The molecule has 0 unspecified atom stereocenters. The van der Waals surface area contributed by atoms with Crippen LogP contribution < -0.4 is 0 Å². The van der Waals surface area contributed by atoms with Crippen LogP contribution in [0.2, 0.25) is 5.02 Å². The molecule has 0 saturated heterocycles. The Morgan fingerprint density at radius 2 is 1.68 bits per heavy atom. The topological polar surface area (TPSA) is 51.4 Å². The molecule has 0 fully saturated rings. The number of hydrogen-bond donors (Lipinski definition) is 1. The summed E-state index contributed by atoms with van der Waals surface area (Å²) in [5, 5.41) is 9.65. The minimum absolute atomic E-state index is 0.558. The van der Waals surface area contributed by atoms with Gasteiger partial charge in [0.1, 0.15) is 4.83 Å². The van der Waals surface area contributed by atoms with E-state index in [0.717, 1.165) is 55.7 Å². The Labute approximate surface area is 228 Å². The number of H-pyrrole nitrogens is 1. The number of hydrogen-bond acceptors (Lipinski definition) is 4. The van der Waals surface area contributed by atoms with E-state index in [9.17, 15) is 0 Å². The number of fused-ring (bicyclic) bond motifs is 2. The molecule has 0 bridgehead atoms. The van der Waals surface area contributed by atoms with E-state index in [0.29, 0.717) is 4.77 Å². The van der Waals surface area contributed by atoms with Crippen molar-refractivity contribution >= 4 is 45.4 Å². The Balaban J connectivity index is 1.61. The number of rotatable bonds is 4. The number of aromatic amines is 1. The first-order valence-corrected chi connectivity index (χ1v) is 13.9. The number of aryl methyl sites for hydroxylation is 1. The van der Waals surface area contributed by atoms with Gasteiger partial charge in [-0.05, 0) is 91.0 Å². The van der Waals surface area contributed by atoms with Crippen molar-refractivity contribution in [1.29, 1.82) is 0 Å². The highest BCUT2D eigenvalue weighted by Gasteiger charge is 2.28. The smallest absolute Gasteiger partial charge is 0.200 e. The van der Waals surface area contributed by atoms with Crippen molar-refractivity contribution in [3.8, 4) is 33.2 Å². The Bertz CT molecular complexity index is 1800. The zero-order valence-electron chi connectivity index (χ0n) is 19.8. The second kappa shape index (κ2) is 9.10. The number of aromatic nitrogens is 5. The first kappa shape index (κ1) is 22.7. The number of halogens is 1. The molecule has 1 N–H and O–H groups in total. The molecule has 1 aliphatic rings. The Morgan fingerprint density at radius 3 is 2.46 bits per heavy atom. The number of benzene rings is 2. The molecule has 5 nitrogen and oxygen atoms in total. The van der Waals surface area contributed by atoms with Gasteiger partial charge in [0.15, 0.2) is 10.6 Å². The molecule has 6 aromatic rings. The van der Waals surface area contributed by atoms with E-state index >= 15 is 0 Å². The van der Waals surface area contributed by atoms with Gasteiger partial charge in [0.2, 0.25) is 0 Å². The molecule has 7 rings (SSSR count). The van der Waals surface area contributed by atoms with Crippen LogP contribution >= 0.6 is 35.2 Å². The number of thiophene rings is 1. The molecule has 0 amide bonds. The summed E-state index contributed by atoms with van der Waals surface area (Å²) in [5.74, 6) is 0.780. The van der Waals surface area contributed by atoms with Gasteiger partial charge in [0, 0.05) is 34.2 Å². The summed E-state index contributed by atoms with van der Waals surface area (Å²) in [4.78, 5) is 7.28. The van der Waals surface area contributed by atoms with Gasteiger partial charge in [-0.3, -0.25) is 9.67 Å². The standard InChI is InChI=1S/C29H22ClN5S2/c30-19-14-12-18(13-15-19)23-21-10-4-5-11-22(21)31-28-24(23)25(34-16-6-7-17-34)26(37-28)27-32-33-29(36)35(27)20-8-2-1-3-9-20/h1-3,6-9,12-17H,4-5,10-11H2,(H,33,36). The zero-order valence-corrected chi connectivity index (χ0v) is 22.2. The third-order valence-corrected chi connectivity index (χ3v) is 8.57. The van der Waals surface area contributed by atoms with Crippen molar-refractivity contribution in [3.63, 3.8) is 0 Å². The van der Waals surface area contributed by atoms with E-state index in [4.69, 9.17) is 33.9 Å². The lowest BCUT2D eigenvalue weighted by molar-refractivity contribution is 0.673. The maximum Gasteiger partial charge on any atom is 0.200 e. The van der Waals surface area contributed by atoms with Gasteiger partial charge in [0.25, 0.3) is 0 Å². The molecule has 4 heterocycles. The zero-order chi connectivity index (χ0) is 24.9. The van der Waals surface area contributed by atoms with Gasteiger partial charge in [-0.1, -0.05) is 41.9 Å². The van der Waals surface area contributed by atoms with Crippen molar-refractivity contribution in [3.05, 3.63) is 100 Å². The molecule has 2 aromatic carbocycles. The Morgan fingerprint density at radius 1 is 0.919 bits per heavy atom. The highest BCUT2D eigenvalue weighted by molar-refractivity contribution is 7.71. The summed E-state index contributed by atoms with van der Waals surface area (Å²) in [6.07, 6.45) is 8.54.